The molecule has 0 radical (unpaired) electrons. The van der Waals surface area contributed by atoms with Crippen molar-refractivity contribution >= 4 is 41.6 Å². The standard InChI is InChI=1S/C34H37N6O9P/c1-19(31(42)47-23-15-21-10-4-5-11-22(21)16-23)39-50(44,49-25-14-8-12-20-9-6-7-13-24(20)25)46-17-26-28(41)34(2,43)32(48-26)40-18-36-27-29(40)37-33(35)38-30(27)45-3/h4-14,18-19,23,26,28,32,41,43H,15-17H2,1-3H3,(H,39,44)(H2,35,37,38)/t19?,26-,28-,32?,34-,50?/m1/s1. The number of aromatic nitrogens is 4. The number of nitrogens with one attached hydrogen (secondary N) is 1. The maximum absolute atomic E-state index is 14.6. The number of carbonyl (C=O) groups excluding carboxylic acids is 1. The molecule has 3 heterocycles. The minimum Gasteiger partial charge on any atom is -0.479 e. The lowest BCUT2D eigenvalue weighted by Gasteiger charge is -2.27. The van der Waals surface area contributed by atoms with Crippen LogP contribution in [0.4, 0.5) is 5.95 Å². The Hall–Kier alpha value is -4.63. The van der Waals surface area contributed by atoms with Gasteiger partial charge < -0.3 is 34.7 Å². The Labute approximate surface area is 286 Å². The molecular weight excluding hydrogens is 667 g/mol. The molecular formula is C34H37N6O9P. The monoisotopic (exact) mass is 704 g/mol. The minimum absolute atomic E-state index is 0.100. The molecule has 1 aliphatic heterocycles. The maximum atomic E-state index is 14.6. The molecule has 0 bridgehead atoms. The molecule has 1 fully saturated rings. The van der Waals surface area contributed by atoms with Gasteiger partial charge in [-0.25, -0.2) is 9.55 Å². The van der Waals surface area contributed by atoms with Crippen LogP contribution >= 0.6 is 7.75 Å². The molecule has 50 heavy (non-hydrogen) atoms. The number of aliphatic hydroxyl groups is 2. The van der Waals surface area contributed by atoms with E-state index in [9.17, 15) is 19.6 Å². The van der Waals surface area contributed by atoms with Crippen molar-refractivity contribution in [3.05, 3.63) is 84.2 Å². The van der Waals surface area contributed by atoms with Crippen molar-refractivity contribution in [1.29, 1.82) is 0 Å². The number of esters is 1. The zero-order valence-corrected chi connectivity index (χ0v) is 28.4. The summed E-state index contributed by atoms with van der Waals surface area (Å²) in [5.74, 6) is -0.388. The molecule has 0 saturated carbocycles. The maximum Gasteiger partial charge on any atom is 0.459 e. The second kappa shape index (κ2) is 13.2. The van der Waals surface area contributed by atoms with Crippen LogP contribution in [-0.4, -0.2) is 79.4 Å². The normalized spacial score (nSPS) is 23.8. The molecule has 3 aromatic carbocycles. The predicted molar refractivity (Wildman–Crippen MR) is 181 cm³/mol. The van der Waals surface area contributed by atoms with E-state index in [2.05, 4.69) is 20.0 Å². The number of nitrogens with two attached hydrogens (primary N) is 1. The van der Waals surface area contributed by atoms with Gasteiger partial charge in [-0.05, 0) is 36.4 Å². The van der Waals surface area contributed by atoms with E-state index in [0.29, 0.717) is 18.2 Å². The van der Waals surface area contributed by atoms with Crippen LogP contribution in [0.15, 0.2) is 73.1 Å². The molecule has 7 rings (SSSR count). The number of anilines is 1. The van der Waals surface area contributed by atoms with Crippen molar-refractivity contribution in [2.75, 3.05) is 19.5 Å². The van der Waals surface area contributed by atoms with Gasteiger partial charge in [-0.3, -0.25) is 13.9 Å². The third-order valence-electron chi connectivity index (χ3n) is 8.99. The molecule has 2 aliphatic rings. The SMILES string of the molecule is COc1nc(N)nc2c1ncn2C1O[C@H](COP(=O)(NC(C)C(=O)OC2Cc3ccccc3C2)Oc2cccc3ccccc23)[C@@H](O)[C@@]1(C)O. The summed E-state index contributed by atoms with van der Waals surface area (Å²) in [7, 11) is -3.01. The van der Waals surface area contributed by atoms with Gasteiger partial charge in [0.05, 0.1) is 20.0 Å². The Bertz CT molecular complexity index is 2080. The number of methoxy groups -OCH3 is 1. The fourth-order valence-electron chi connectivity index (χ4n) is 6.42. The molecule has 1 saturated heterocycles. The fourth-order valence-corrected chi connectivity index (χ4v) is 7.94. The second-order valence-corrected chi connectivity index (χ2v) is 14.3. The zero-order chi connectivity index (χ0) is 35.2. The van der Waals surface area contributed by atoms with E-state index in [0.717, 1.165) is 16.5 Å². The summed E-state index contributed by atoms with van der Waals surface area (Å²) in [6, 6.07) is 19.4. The van der Waals surface area contributed by atoms with E-state index in [1.54, 1.807) is 18.2 Å². The molecule has 0 amide bonds. The van der Waals surface area contributed by atoms with Crippen LogP contribution in [-0.2, 0) is 36.2 Å². The number of hydrogen-bond acceptors (Lipinski definition) is 13. The quantitative estimate of drug-likeness (QED) is 0.115. The van der Waals surface area contributed by atoms with E-state index in [1.165, 1.54) is 31.9 Å². The Morgan fingerprint density at radius 3 is 2.56 bits per heavy atom. The summed E-state index contributed by atoms with van der Waals surface area (Å²) in [5, 5.41) is 26.9. The average Bonchev–Trinajstić information content (AvgIpc) is 3.76. The van der Waals surface area contributed by atoms with E-state index in [-0.39, 0.29) is 34.8 Å². The highest BCUT2D eigenvalue weighted by molar-refractivity contribution is 7.52. The second-order valence-electron chi connectivity index (χ2n) is 12.6. The lowest BCUT2D eigenvalue weighted by atomic mass is 9.96. The number of nitrogens with zero attached hydrogens (tertiary/aromatic N) is 4. The largest absolute Gasteiger partial charge is 0.479 e. The Kier molecular flexibility index (Phi) is 8.97. The zero-order valence-electron chi connectivity index (χ0n) is 27.5. The number of carbonyl (C=O) groups is 1. The third-order valence-corrected chi connectivity index (χ3v) is 10.6. The average molecular weight is 705 g/mol. The summed E-state index contributed by atoms with van der Waals surface area (Å²) in [4.78, 5) is 25.8. The van der Waals surface area contributed by atoms with Crippen LogP contribution in [0.25, 0.3) is 21.9 Å². The number of ether oxygens (including phenoxy) is 3. The van der Waals surface area contributed by atoms with Gasteiger partial charge in [-0.15, -0.1) is 0 Å². The summed E-state index contributed by atoms with van der Waals surface area (Å²) < 4.78 is 45.1. The smallest absolute Gasteiger partial charge is 0.459 e. The van der Waals surface area contributed by atoms with E-state index >= 15 is 0 Å². The van der Waals surface area contributed by atoms with E-state index < -0.39 is 50.4 Å². The summed E-state index contributed by atoms with van der Waals surface area (Å²) in [6.45, 7) is 2.36. The third kappa shape index (κ3) is 6.39. The van der Waals surface area contributed by atoms with Gasteiger partial charge >= 0.3 is 13.7 Å². The van der Waals surface area contributed by atoms with Crippen molar-refractivity contribution in [1.82, 2.24) is 24.6 Å². The lowest BCUT2D eigenvalue weighted by molar-refractivity contribution is -0.150. The molecule has 5 N–H and O–H groups in total. The first-order chi connectivity index (χ1) is 24.0. The van der Waals surface area contributed by atoms with Crippen molar-refractivity contribution in [2.24, 2.45) is 0 Å². The molecule has 0 spiro atoms. The highest BCUT2D eigenvalue weighted by Gasteiger charge is 2.54. The van der Waals surface area contributed by atoms with Crippen LogP contribution < -0.4 is 20.1 Å². The number of hydrogen-bond donors (Lipinski definition) is 4. The first-order valence-electron chi connectivity index (χ1n) is 16.0. The van der Waals surface area contributed by atoms with Gasteiger partial charge in [-0.2, -0.15) is 15.1 Å². The number of imidazole rings is 1. The Balaban J connectivity index is 1.12. The molecule has 2 aromatic heterocycles. The first-order valence-corrected chi connectivity index (χ1v) is 17.6. The number of nitrogen functional groups attached to an aromatic ring is 1. The van der Waals surface area contributed by atoms with E-state index in [1.807, 2.05) is 48.5 Å². The van der Waals surface area contributed by atoms with Crippen molar-refractivity contribution < 1.29 is 42.8 Å². The number of fused-ring (bicyclic) bond motifs is 3. The summed E-state index contributed by atoms with van der Waals surface area (Å²) >= 11 is 0. The van der Waals surface area contributed by atoms with Crippen LogP contribution in [0.2, 0.25) is 0 Å². The van der Waals surface area contributed by atoms with Gasteiger partial charge in [0.1, 0.15) is 35.7 Å². The molecule has 15 nitrogen and oxygen atoms in total. The predicted octanol–water partition coefficient (Wildman–Crippen LogP) is 3.47. The van der Waals surface area contributed by atoms with Crippen molar-refractivity contribution in [2.45, 2.75) is 62.9 Å². The van der Waals surface area contributed by atoms with Gasteiger partial charge in [0.15, 0.2) is 17.4 Å². The minimum atomic E-state index is -4.41. The molecule has 16 heteroatoms. The number of aliphatic hydroxyl groups excluding tert-OH is 1. The van der Waals surface area contributed by atoms with Crippen molar-refractivity contribution in [3.63, 3.8) is 0 Å². The van der Waals surface area contributed by atoms with Crippen LogP contribution in [0, 0.1) is 0 Å². The lowest BCUT2D eigenvalue weighted by Crippen LogP contribution is -2.44. The van der Waals surface area contributed by atoms with Crippen LogP contribution in [0.3, 0.4) is 0 Å². The summed E-state index contributed by atoms with van der Waals surface area (Å²) in [6.07, 6.45) is -1.86. The van der Waals surface area contributed by atoms with Gasteiger partial charge in [0.2, 0.25) is 11.8 Å². The molecule has 6 atom stereocenters. The Morgan fingerprint density at radius 1 is 1.12 bits per heavy atom. The van der Waals surface area contributed by atoms with E-state index in [4.69, 9.17) is 29.0 Å². The highest BCUT2D eigenvalue weighted by Crippen LogP contribution is 2.48. The molecule has 262 valence electrons. The Morgan fingerprint density at radius 2 is 1.82 bits per heavy atom. The van der Waals surface area contributed by atoms with Gasteiger partial charge in [0, 0.05) is 18.2 Å². The first kappa shape index (κ1) is 33.8. The molecule has 5 aromatic rings. The molecule has 1 aliphatic carbocycles. The fraction of sp³-hybridized carbons (Fsp3) is 0.353. The van der Waals surface area contributed by atoms with Crippen LogP contribution in [0.5, 0.6) is 11.6 Å². The molecule has 3 unspecified atom stereocenters. The van der Waals surface area contributed by atoms with Gasteiger partial charge in [-0.1, -0.05) is 60.7 Å². The number of rotatable bonds is 11. The summed E-state index contributed by atoms with van der Waals surface area (Å²) in [5.41, 5.74) is 6.64. The van der Waals surface area contributed by atoms with Crippen molar-refractivity contribution in [3.8, 4) is 11.6 Å². The van der Waals surface area contributed by atoms with Gasteiger partial charge in [0.25, 0.3) is 0 Å². The number of benzene rings is 3. The van der Waals surface area contributed by atoms with Crippen LogP contribution in [0.1, 0.15) is 31.2 Å². The topological polar surface area (TPSA) is 202 Å². The highest BCUT2D eigenvalue weighted by atomic mass is 31.2.